The number of aromatic nitrogens is 3. The Morgan fingerprint density at radius 1 is 1.64 bits per heavy atom. The second-order valence-corrected chi connectivity index (χ2v) is 2.89. The van der Waals surface area contributed by atoms with Gasteiger partial charge in [0.05, 0.1) is 5.51 Å². The second-order valence-electron chi connectivity index (χ2n) is 2.17. The molecule has 3 nitrogen and oxygen atoms in total. The summed E-state index contributed by atoms with van der Waals surface area (Å²) in [5, 5.41) is 6.12. The average molecular weight is 164 g/mol. The Labute approximate surface area is 68.3 Å². The first-order chi connectivity index (χ1) is 5.36. The van der Waals surface area contributed by atoms with Crippen molar-refractivity contribution in [3.8, 4) is 11.4 Å². The third-order valence-corrected chi connectivity index (χ3v) is 1.91. The topological polar surface area (TPSA) is 30.7 Å². The van der Waals surface area contributed by atoms with Gasteiger partial charge in [-0.15, -0.1) is 11.3 Å². The molecule has 0 saturated carbocycles. The van der Waals surface area contributed by atoms with E-state index in [1.165, 1.54) is 0 Å². The summed E-state index contributed by atoms with van der Waals surface area (Å²) in [5.74, 6) is 0. The van der Waals surface area contributed by atoms with Crippen LogP contribution in [0.3, 0.4) is 0 Å². The Morgan fingerprint density at radius 3 is 3.09 bits per heavy atom. The SMILES string of the molecule is Cn1c[c]c(-c2cscn2)n1. The molecule has 0 spiro atoms. The van der Waals surface area contributed by atoms with Gasteiger partial charge in [0.15, 0.2) is 0 Å². The van der Waals surface area contributed by atoms with Crippen molar-refractivity contribution < 1.29 is 0 Å². The molecule has 0 aliphatic heterocycles. The monoisotopic (exact) mass is 164 g/mol. The van der Waals surface area contributed by atoms with Gasteiger partial charge in [-0.1, -0.05) is 0 Å². The van der Waals surface area contributed by atoms with Gasteiger partial charge in [-0.2, -0.15) is 5.10 Å². The van der Waals surface area contributed by atoms with Crippen LogP contribution in [0.25, 0.3) is 11.4 Å². The molecule has 0 aromatic carbocycles. The molecule has 4 heteroatoms. The lowest BCUT2D eigenvalue weighted by atomic mass is 10.3. The van der Waals surface area contributed by atoms with Crippen LogP contribution in [-0.2, 0) is 7.05 Å². The molecule has 55 valence electrons. The van der Waals surface area contributed by atoms with Crippen molar-refractivity contribution in [2.45, 2.75) is 0 Å². The predicted octanol–water partition coefficient (Wildman–Crippen LogP) is 1.34. The van der Waals surface area contributed by atoms with Crippen LogP contribution in [-0.4, -0.2) is 14.8 Å². The molecule has 2 heterocycles. The number of aryl methyl sites for hydroxylation is 1. The molecular weight excluding hydrogens is 158 g/mol. The summed E-state index contributed by atoms with van der Waals surface area (Å²) in [7, 11) is 1.87. The molecule has 0 fully saturated rings. The molecular formula is C7H6N3S. The standard InChI is InChI=1S/C7H6N3S/c1-10-3-2-6(9-10)7-4-11-5-8-7/h3-5H,1H3. The fourth-order valence-corrected chi connectivity index (χ4v) is 1.36. The Kier molecular flexibility index (Phi) is 1.47. The van der Waals surface area contributed by atoms with E-state index in [4.69, 9.17) is 0 Å². The van der Waals surface area contributed by atoms with Crippen molar-refractivity contribution in [1.29, 1.82) is 0 Å². The van der Waals surface area contributed by atoms with Gasteiger partial charge in [-0.3, -0.25) is 4.68 Å². The van der Waals surface area contributed by atoms with E-state index in [-0.39, 0.29) is 0 Å². The highest BCUT2D eigenvalue weighted by molar-refractivity contribution is 7.07. The van der Waals surface area contributed by atoms with E-state index >= 15 is 0 Å². The molecule has 1 radical (unpaired) electrons. The normalized spacial score (nSPS) is 10.3. The minimum Gasteiger partial charge on any atom is -0.274 e. The lowest BCUT2D eigenvalue weighted by molar-refractivity contribution is 0.770. The summed E-state index contributed by atoms with van der Waals surface area (Å²) in [5.41, 5.74) is 3.50. The molecule has 0 amide bonds. The molecule has 0 atom stereocenters. The Morgan fingerprint density at radius 2 is 2.55 bits per heavy atom. The van der Waals surface area contributed by atoms with Crippen molar-refractivity contribution >= 4 is 11.3 Å². The summed E-state index contributed by atoms with van der Waals surface area (Å²) in [6.45, 7) is 0. The maximum Gasteiger partial charge on any atom is 0.119 e. The molecule has 0 bridgehead atoms. The van der Waals surface area contributed by atoms with E-state index in [1.807, 2.05) is 12.4 Å². The maximum atomic E-state index is 4.16. The Balaban J connectivity index is 2.45. The van der Waals surface area contributed by atoms with E-state index in [0.29, 0.717) is 0 Å². The van der Waals surface area contributed by atoms with Gasteiger partial charge >= 0.3 is 0 Å². The Hall–Kier alpha value is -1.16. The van der Waals surface area contributed by atoms with E-state index < -0.39 is 0 Å². The molecule has 11 heavy (non-hydrogen) atoms. The van der Waals surface area contributed by atoms with Crippen LogP contribution >= 0.6 is 11.3 Å². The van der Waals surface area contributed by atoms with E-state index in [2.05, 4.69) is 16.1 Å². The fraction of sp³-hybridized carbons (Fsp3) is 0.143. The van der Waals surface area contributed by atoms with Crippen LogP contribution in [0, 0.1) is 6.07 Å². The van der Waals surface area contributed by atoms with Crippen LogP contribution in [0.5, 0.6) is 0 Å². The number of hydrogen-bond acceptors (Lipinski definition) is 3. The van der Waals surface area contributed by atoms with Crippen molar-refractivity contribution in [2.24, 2.45) is 7.05 Å². The number of hydrogen-bond donors (Lipinski definition) is 0. The smallest absolute Gasteiger partial charge is 0.119 e. The van der Waals surface area contributed by atoms with Gasteiger partial charge in [-0.25, -0.2) is 4.98 Å². The van der Waals surface area contributed by atoms with Crippen molar-refractivity contribution in [2.75, 3.05) is 0 Å². The third kappa shape index (κ3) is 1.17. The lowest BCUT2D eigenvalue weighted by Gasteiger charge is -1.85. The van der Waals surface area contributed by atoms with Gasteiger partial charge in [0, 0.05) is 24.7 Å². The van der Waals surface area contributed by atoms with Gasteiger partial charge in [0.1, 0.15) is 11.4 Å². The molecule has 0 saturated heterocycles. The van der Waals surface area contributed by atoms with Gasteiger partial charge in [-0.05, 0) is 0 Å². The van der Waals surface area contributed by atoms with E-state index in [1.54, 1.807) is 27.7 Å². The summed E-state index contributed by atoms with van der Waals surface area (Å²) in [6.07, 6.45) is 1.79. The first kappa shape index (κ1) is 6.54. The lowest BCUT2D eigenvalue weighted by Crippen LogP contribution is -1.87. The van der Waals surface area contributed by atoms with Gasteiger partial charge in [0.2, 0.25) is 0 Å². The summed E-state index contributed by atoms with van der Waals surface area (Å²) >= 11 is 1.56. The largest absolute Gasteiger partial charge is 0.274 e. The zero-order valence-electron chi connectivity index (χ0n) is 5.98. The van der Waals surface area contributed by atoms with Crippen molar-refractivity contribution in [1.82, 2.24) is 14.8 Å². The van der Waals surface area contributed by atoms with Crippen molar-refractivity contribution in [3.05, 3.63) is 23.2 Å². The van der Waals surface area contributed by atoms with Gasteiger partial charge in [0.25, 0.3) is 0 Å². The molecule has 2 aromatic heterocycles. The van der Waals surface area contributed by atoms with Crippen LogP contribution < -0.4 is 0 Å². The second kappa shape index (κ2) is 2.47. The Bertz CT molecular complexity index is 336. The average Bonchev–Trinajstić information content (AvgIpc) is 2.55. The van der Waals surface area contributed by atoms with Gasteiger partial charge < -0.3 is 0 Å². The minimum absolute atomic E-state index is 0.814. The van der Waals surface area contributed by atoms with Crippen LogP contribution in [0.15, 0.2) is 17.1 Å². The molecule has 0 unspecified atom stereocenters. The maximum absolute atomic E-state index is 4.16. The van der Waals surface area contributed by atoms with Crippen LogP contribution in [0.4, 0.5) is 0 Å². The number of nitrogens with zero attached hydrogens (tertiary/aromatic N) is 3. The summed E-state index contributed by atoms with van der Waals surface area (Å²) in [4.78, 5) is 4.11. The first-order valence-electron chi connectivity index (χ1n) is 3.16. The highest BCUT2D eigenvalue weighted by atomic mass is 32.1. The van der Waals surface area contributed by atoms with Crippen LogP contribution in [0.2, 0.25) is 0 Å². The summed E-state index contributed by atoms with van der Waals surface area (Å²) in [6, 6.07) is 3.00. The molecule has 0 aliphatic carbocycles. The first-order valence-corrected chi connectivity index (χ1v) is 4.10. The molecule has 2 rings (SSSR count). The fourth-order valence-electron chi connectivity index (χ4n) is 0.825. The third-order valence-electron chi connectivity index (χ3n) is 1.32. The zero-order valence-corrected chi connectivity index (χ0v) is 6.80. The summed E-state index contributed by atoms with van der Waals surface area (Å²) < 4.78 is 1.72. The zero-order chi connectivity index (χ0) is 7.68. The molecule has 0 N–H and O–H groups in total. The van der Waals surface area contributed by atoms with Crippen molar-refractivity contribution in [3.63, 3.8) is 0 Å². The van der Waals surface area contributed by atoms with E-state index in [0.717, 1.165) is 11.4 Å². The van der Waals surface area contributed by atoms with Crippen LogP contribution in [0.1, 0.15) is 0 Å². The highest BCUT2D eigenvalue weighted by Gasteiger charge is 2.01. The number of thiazole rings is 1. The predicted molar refractivity (Wildman–Crippen MR) is 43.2 cm³/mol. The highest BCUT2D eigenvalue weighted by Crippen LogP contribution is 2.14. The number of rotatable bonds is 1. The quantitative estimate of drug-likeness (QED) is 0.636. The molecule has 2 aromatic rings. The van der Waals surface area contributed by atoms with E-state index in [9.17, 15) is 0 Å². The minimum atomic E-state index is 0.814. The molecule has 0 aliphatic rings.